The first kappa shape index (κ1) is 14.8. The Labute approximate surface area is 113 Å². The number of carbonyl (C=O) groups excluding carboxylic acids is 2. The van der Waals surface area contributed by atoms with Gasteiger partial charge in [0.25, 0.3) is 5.91 Å². The van der Waals surface area contributed by atoms with Crippen molar-refractivity contribution in [2.75, 3.05) is 0 Å². The van der Waals surface area contributed by atoms with Crippen LogP contribution in [0, 0.1) is 0 Å². The monoisotopic (exact) mass is 286 g/mol. The highest BCUT2D eigenvalue weighted by molar-refractivity contribution is 6.29. The second-order valence-electron chi connectivity index (χ2n) is 3.60. The van der Waals surface area contributed by atoms with E-state index < -0.39 is 23.8 Å². The van der Waals surface area contributed by atoms with E-state index in [4.69, 9.17) is 22.4 Å². The molecule has 4 N–H and O–H groups in total. The average Bonchev–Trinajstić information content (AvgIpc) is 2.33. The van der Waals surface area contributed by atoms with E-state index in [0.717, 1.165) is 6.20 Å². The number of aliphatic carboxylic acids is 1. The van der Waals surface area contributed by atoms with Crippen LogP contribution in [0.25, 0.3) is 0 Å². The molecule has 0 saturated heterocycles. The number of nitrogens with zero attached hydrogens (tertiary/aromatic N) is 2. The highest BCUT2D eigenvalue weighted by Gasteiger charge is 2.22. The maximum absolute atomic E-state index is 11.7. The molecule has 0 aromatic carbocycles. The summed E-state index contributed by atoms with van der Waals surface area (Å²) >= 11 is 5.56. The third-order valence-electron chi connectivity index (χ3n) is 2.12. The minimum absolute atomic E-state index is 0.0108. The standard InChI is InChI=1S/C10H11ClN4O4/c11-7-4-13-3-6(14-7)9(17)15-5(10(18)19)1-2-8(12)16/h3-5H,1-2H2,(H2,12,16)(H,15,17)(H,18,19). The van der Waals surface area contributed by atoms with Crippen molar-refractivity contribution in [1.82, 2.24) is 15.3 Å². The molecular weight excluding hydrogens is 276 g/mol. The van der Waals surface area contributed by atoms with E-state index in [2.05, 4.69) is 15.3 Å². The fraction of sp³-hybridized carbons (Fsp3) is 0.300. The van der Waals surface area contributed by atoms with Gasteiger partial charge in [-0.3, -0.25) is 14.6 Å². The Bertz CT molecular complexity index is 508. The van der Waals surface area contributed by atoms with Crippen molar-refractivity contribution in [2.24, 2.45) is 5.73 Å². The number of hydrogen-bond acceptors (Lipinski definition) is 5. The molecule has 1 unspecified atom stereocenters. The van der Waals surface area contributed by atoms with Gasteiger partial charge in [-0.1, -0.05) is 11.6 Å². The van der Waals surface area contributed by atoms with Gasteiger partial charge in [-0.25, -0.2) is 9.78 Å². The quantitative estimate of drug-likeness (QED) is 0.650. The van der Waals surface area contributed by atoms with Gasteiger partial charge < -0.3 is 16.2 Å². The highest BCUT2D eigenvalue weighted by Crippen LogP contribution is 2.04. The van der Waals surface area contributed by atoms with Crippen LogP contribution in [-0.2, 0) is 9.59 Å². The summed E-state index contributed by atoms with van der Waals surface area (Å²) in [6.45, 7) is 0. The first-order chi connectivity index (χ1) is 8.90. The van der Waals surface area contributed by atoms with Gasteiger partial charge >= 0.3 is 5.97 Å². The number of amides is 2. The number of carboxylic acids is 1. The Kier molecular flexibility index (Phi) is 5.19. The summed E-state index contributed by atoms with van der Waals surface area (Å²) in [5, 5.41) is 11.1. The van der Waals surface area contributed by atoms with E-state index in [9.17, 15) is 14.4 Å². The summed E-state index contributed by atoms with van der Waals surface area (Å²) in [6, 6.07) is -1.24. The molecule has 0 bridgehead atoms. The molecule has 102 valence electrons. The normalized spacial score (nSPS) is 11.6. The Balaban J connectivity index is 2.71. The van der Waals surface area contributed by atoms with Crippen molar-refractivity contribution < 1.29 is 19.5 Å². The van der Waals surface area contributed by atoms with Gasteiger partial charge in [0.15, 0.2) is 0 Å². The van der Waals surface area contributed by atoms with Gasteiger partial charge in [-0.15, -0.1) is 0 Å². The van der Waals surface area contributed by atoms with Crippen molar-refractivity contribution in [3.8, 4) is 0 Å². The van der Waals surface area contributed by atoms with Crippen LogP contribution >= 0.6 is 11.6 Å². The van der Waals surface area contributed by atoms with Crippen molar-refractivity contribution in [2.45, 2.75) is 18.9 Å². The zero-order valence-corrected chi connectivity index (χ0v) is 10.4. The van der Waals surface area contributed by atoms with Gasteiger partial charge in [0, 0.05) is 6.42 Å². The summed E-state index contributed by atoms with van der Waals surface area (Å²) in [7, 11) is 0. The van der Waals surface area contributed by atoms with Crippen LogP contribution in [-0.4, -0.2) is 38.9 Å². The average molecular weight is 287 g/mol. The van der Waals surface area contributed by atoms with Gasteiger partial charge in [0.05, 0.1) is 12.4 Å². The predicted octanol–water partition coefficient (Wildman–Crippen LogP) is -0.422. The van der Waals surface area contributed by atoms with E-state index in [1.807, 2.05) is 0 Å². The van der Waals surface area contributed by atoms with Gasteiger partial charge in [-0.2, -0.15) is 0 Å². The van der Waals surface area contributed by atoms with Crippen LogP contribution in [0.15, 0.2) is 12.4 Å². The Morgan fingerprint density at radius 2 is 2.11 bits per heavy atom. The lowest BCUT2D eigenvalue weighted by Gasteiger charge is -2.13. The van der Waals surface area contributed by atoms with Gasteiger partial charge in [0.2, 0.25) is 5.91 Å². The van der Waals surface area contributed by atoms with E-state index in [1.54, 1.807) is 0 Å². The topological polar surface area (TPSA) is 135 Å². The molecule has 1 atom stereocenters. The lowest BCUT2D eigenvalue weighted by molar-refractivity contribution is -0.139. The predicted molar refractivity (Wildman–Crippen MR) is 64.4 cm³/mol. The summed E-state index contributed by atoms with van der Waals surface area (Å²) < 4.78 is 0. The molecule has 0 radical (unpaired) electrons. The second kappa shape index (κ2) is 6.64. The molecule has 0 fully saturated rings. The van der Waals surface area contributed by atoms with Crippen LogP contribution < -0.4 is 11.1 Å². The van der Waals surface area contributed by atoms with Crippen LogP contribution in [0.2, 0.25) is 5.15 Å². The molecule has 2 amide bonds. The van der Waals surface area contributed by atoms with Crippen molar-refractivity contribution in [3.05, 3.63) is 23.2 Å². The molecule has 0 aliphatic rings. The first-order valence-corrected chi connectivity index (χ1v) is 5.57. The van der Waals surface area contributed by atoms with Crippen molar-refractivity contribution in [1.29, 1.82) is 0 Å². The number of rotatable bonds is 6. The molecule has 1 heterocycles. The highest BCUT2D eigenvalue weighted by atomic mass is 35.5. The number of halogens is 1. The summed E-state index contributed by atoms with van der Waals surface area (Å²) in [4.78, 5) is 40.6. The fourth-order valence-electron chi connectivity index (χ4n) is 1.23. The lowest BCUT2D eigenvalue weighted by Crippen LogP contribution is -2.41. The Hall–Kier alpha value is -2.22. The minimum Gasteiger partial charge on any atom is -0.480 e. The van der Waals surface area contributed by atoms with Crippen molar-refractivity contribution >= 4 is 29.4 Å². The fourth-order valence-corrected chi connectivity index (χ4v) is 1.38. The SMILES string of the molecule is NC(=O)CCC(NC(=O)c1cncc(Cl)n1)C(=O)O. The maximum Gasteiger partial charge on any atom is 0.326 e. The van der Waals surface area contributed by atoms with Gasteiger partial charge in [-0.05, 0) is 6.42 Å². The molecule has 8 nitrogen and oxygen atoms in total. The zero-order valence-electron chi connectivity index (χ0n) is 9.67. The number of hydrogen-bond donors (Lipinski definition) is 3. The molecule has 1 aromatic heterocycles. The third kappa shape index (κ3) is 4.88. The number of primary amides is 1. The summed E-state index contributed by atoms with van der Waals surface area (Å²) in [6.07, 6.45) is 2.12. The Morgan fingerprint density at radius 1 is 1.42 bits per heavy atom. The van der Waals surface area contributed by atoms with Gasteiger partial charge in [0.1, 0.15) is 16.9 Å². The van der Waals surface area contributed by atoms with Crippen LogP contribution in [0.3, 0.4) is 0 Å². The molecule has 19 heavy (non-hydrogen) atoms. The zero-order chi connectivity index (χ0) is 14.4. The minimum atomic E-state index is -1.27. The first-order valence-electron chi connectivity index (χ1n) is 5.19. The number of nitrogens with one attached hydrogen (secondary N) is 1. The molecule has 1 aromatic rings. The summed E-state index contributed by atoms with van der Waals surface area (Å²) in [5.41, 5.74) is 4.81. The van der Waals surface area contributed by atoms with Crippen LogP contribution in [0.4, 0.5) is 0 Å². The summed E-state index contributed by atoms with van der Waals surface area (Å²) in [5.74, 6) is -2.67. The van der Waals surface area contributed by atoms with E-state index in [1.165, 1.54) is 6.20 Å². The molecule has 0 aliphatic heterocycles. The largest absolute Gasteiger partial charge is 0.480 e. The van der Waals surface area contributed by atoms with Crippen molar-refractivity contribution in [3.63, 3.8) is 0 Å². The second-order valence-corrected chi connectivity index (χ2v) is 3.98. The molecule has 0 saturated carbocycles. The number of aromatic nitrogens is 2. The number of carbonyl (C=O) groups is 3. The molecule has 0 spiro atoms. The van der Waals surface area contributed by atoms with Crippen LogP contribution in [0.5, 0.6) is 0 Å². The van der Waals surface area contributed by atoms with E-state index in [-0.39, 0.29) is 23.7 Å². The third-order valence-corrected chi connectivity index (χ3v) is 2.30. The van der Waals surface area contributed by atoms with Crippen LogP contribution in [0.1, 0.15) is 23.3 Å². The smallest absolute Gasteiger partial charge is 0.326 e. The molecule has 1 rings (SSSR count). The maximum atomic E-state index is 11.7. The van der Waals surface area contributed by atoms with E-state index in [0.29, 0.717) is 0 Å². The number of carboxylic acid groups (broad SMARTS) is 1. The molecule has 9 heteroatoms. The Morgan fingerprint density at radius 3 is 2.63 bits per heavy atom. The lowest BCUT2D eigenvalue weighted by atomic mass is 10.1. The molecule has 0 aliphatic carbocycles. The van der Waals surface area contributed by atoms with E-state index >= 15 is 0 Å². The number of nitrogens with two attached hydrogens (primary N) is 1. The molecular formula is C10H11ClN4O4.